The van der Waals surface area contributed by atoms with Crippen molar-refractivity contribution in [2.24, 2.45) is 7.05 Å². The number of pyridine rings is 1. The van der Waals surface area contributed by atoms with E-state index in [4.69, 9.17) is 9.84 Å². The maximum Gasteiger partial charge on any atom is 0.253 e. The number of nitrogens with zero attached hydrogens (tertiary/aromatic N) is 7. The lowest BCUT2D eigenvalue weighted by molar-refractivity contribution is 0.0724. The lowest BCUT2D eigenvalue weighted by Crippen LogP contribution is -2.58. The number of amides is 1. The average molecular weight is 560 g/mol. The molecule has 0 saturated carbocycles. The van der Waals surface area contributed by atoms with Crippen LogP contribution in [-0.4, -0.2) is 81.5 Å². The molecule has 2 saturated heterocycles. The van der Waals surface area contributed by atoms with E-state index in [2.05, 4.69) is 48.8 Å². The predicted molar refractivity (Wildman–Crippen MR) is 159 cm³/mol. The first kappa shape index (κ1) is 28.8. The first-order valence-corrected chi connectivity index (χ1v) is 14.7. The number of hydrogen-bond acceptors (Lipinski definition) is 7. The van der Waals surface area contributed by atoms with Crippen LogP contribution in [0, 0.1) is 11.3 Å². The molecule has 218 valence electrons. The highest BCUT2D eigenvalue weighted by Crippen LogP contribution is 2.34. The molecular weight excluding hydrogens is 518 g/mol. The van der Waals surface area contributed by atoms with Crippen molar-refractivity contribution in [3.63, 3.8) is 0 Å². The number of carbonyl (C=O) groups excluding carboxylic acids is 1. The molecule has 2 aliphatic rings. The summed E-state index contributed by atoms with van der Waals surface area (Å²) in [6.07, 6.45) is 4.67. The molecule has 0 spiro atoms. The van der Waals surface area contributed by atoms with Crippen LogP contribution in [0.1, 0.15) is 62.0 Å². The number of aromatic nitrogens is 3. The molecule has 5 rings (SSSR count). The van der Waals surface area contributed by atoms with Crippen LogP contribution in [0.15, 0.2) is 41.3 Å². The fraction of sp³-hybridized carbons (Fsp3) is 0.548. The molecule has 2 unspecified atom stereocenters. The number of piperazine rings is 1. The van der Waals surface area contributed by atoms with Gasteiger partial charge in [-0.1, -0.05) is 26.0 Å². The third-order valence-corrected chi connectivity index (χ3v) is 9.06. The van der Waals surface area contributed by atoms with E-state index in [9.17, 15) is 14.9 Å². The molecule has 0 bridgehead atoms. The average Bonchev–Trinajstić information content (AvgIpc) is 3.66. The summed E-state index contributed by atoms with van der Waals surface area (Å²) in [6.45, 7) is 9.77. The van der Waals surface area contributed by atoms with E-state index in [1.165, 1.54) is 5.56 Å². The van der Waals surface area contributed by atoms with Crippen LogP contribution in [0.2, 0.25) is 0 Å². The highest BCUT2D eigenvalue weighted by atomic mass is 16.5. The quantitative estimate of drug-likeness (QED) is 0.416. The van der Waals surface area contributed by atoms with E-state index in [0.29, 0.717) is 12.1 Å². The largest absolute Gasteiger partial charge is 0.380 e. The number of rotatable bonds is 8. The van der Waals surface area contributed by atoms with Gasteiger partial charge >= 0.3 is 0 Å². The fourth-order valence-corrected chi connectivity index (χ4v) is 6.45. The van der Waals surface area contributed by atoms with Gasteiger partial charge in [-0.3, -0.25) is 19.2 Å². The molecule has 2 aromatic heterocycles. The molecule has 10 heteroatoms. The number of fused-ring (bicyclic) bond motifs is 1. The Morgan fingerprint density at radius 1 is 1.15 bits per heavy atom. The van der Waals surface area contributed by atoms with Crippen LogP contribution in [0.4, 0.5) is 5.69 Å². The zero-order valence-electron chi connectivity index (χ0n) is 24.8. The molecule has 0 radical (unpaired) electrons. The summed E-state index contributed by atoms with van der Waals surface area (Å²) in [6, 6.07) is 12.6. The van der Waals surface area contributed by atoms with Gasteiger partial charge in [0.25, 0.3) is 11.5 Å². The second kappa shape index (κ2) is 12.0. The minimum absolute atomic E-state index is 0.0624. The highest BCUT2D eigenvalue weighted by molar-refractivity contribution is 5.94. The topological polar surface area (TPSA) is 99.6 Å². The summed E-state index contributed by atoms with van der Waals surface area (Å²) in [5.41, 5.74) is 4.16. The maximum absolute atomic E-state index is 13.0. The zero-order chi connectivity index (χ0) is 29.3. The molecule has 41 heavy (non-hydrogen) atoms. The van der Waals surface area contributed by atoms with E-state index in [1.807, 2.05) is 17.0 Å². The Morgan fingerprint density at radius 2 is 1.88 bits per heavy atom. The molecule has 4 heterocycles. The summed E-state index contributed by atoms with van der Waals surface area (Å²) in [7, 11) is 3.45. The Labute approximate surface area is 241 Å². The highest BCUT2D eigenvalue weighted by Gasteiger charge is 2.36. The first-order valence-electron chi connectivity index (χ1n) is 14.7. The van der Waals surface area contributed by atoms with Gasteiger partial charge in [0, 0.05) is 70.1 Å². The van der Waals surface area contributed by atoms with Gasteiger partial charge in [0.05, 0.1) is 29.6 Å². The zero-order valence-corrected chi connectivity index (χ0v) is 24.8. The molecular formula is C31H41N7O3. The van der Waals surface area contributed by atoms with E-state index >= 15 is 0 Å². The Morgan fingerprint density at radius 3 is 2.51 bits per heavy atom. The molecule has 4 atom stereocenters. The van der Waals surface area contributed by atoms with Crippen LogP contribution < -0.4 is 10.5 Å². The summed E-state index contributed by atoms with van der Waals surface area (Å²) in [5, 5.41) is 13.9. The monoisotopic (exact) mass is 559 g/mol. The number of carbonyl (C=O) groups is 1. The summed E-state index contributed by atoms with van der Waals surface area (Å²) >= 11 is 0. The molecule has 1 aromatic carbocycles. The second-order valence-corrected chi connectivity index (χ2v) is 11.3. The lowest BCUT2D eigenvalue weighted by Gasteiger charge is -2.49. The van der Waals surface area contributed by atoms with Crippen molar-refractivity contribution in [3.05, 3.63) is 58.0 Å². The first-order chi connectivity index (χ1) is 19.8. The number of nitriles is 1. The van der Waals surface area contributed by atoms with Crippen molar-refractivity contribution in [3.8, 4) is 6.07 Å². The molecule has 10 nitrogen and oxygen atoms in total. The predicted octanol–water partition coefficient (Wildman–Crippen LogP) is 3.56. The second-order valence-electron chi connectivity index (χ2n) is 11.3. The van der Waals surface area contributed by atoms with Crippen molar-refractivity contribution in [2.45, 2.75) is 70.8 Å². The van der Waals surface area contributed by atoms with Gasteiger partial charge in [0.1, 0.15) is 12.1 Å². The van der Waals surface area contributed by atoms with Crippen LogP contribution in [0.5, 0.6) is 0 Å². The number of hydrogen-bond donors (Lipinski definition) is 0. The summed E-state index contributed by atoms with van der Waals surface area (Å²) < 4.78 is 8.64. The molecule has 2 aliphatic heterocycles. The minimum Gasteiger partial charge on any atom is -0.380 e. The Kier molecular flexibility index (Phi) is 8.47. The van der Waals surface area contributed by atoms with Gasteiger partial charge in [-0.25, -0.2) is 0 Å². The lowest BCUT2D eigenvalue weighted by atomic mass is 9.96. The SMILES string of the molecule is CC[C@H]1CN(C(C)c2ccc(C(=O)N3CCC(OC)C3)cc2)[C@H](CC)CN1c1cc(=O)n(C)c2cn(CC#N)nc12. The van der Waals surface area contributed by atoms with E-state index in [-0.39, 0.29) is 42.2 Å². The van der Waals surface area contributed by atoms with Crippen LogP contribution in [0.25, 0.3) is 11.0 Å². The molecule has 1 amide bonds. The number of ether oxygens (including phenoxy) is 1. The van der Waals surface area contributed by atoms with Crippen LogP contribution in [0.3, 0.4) is 0 Å². The van der Waals surface area contributed by atoms with Gasteiger partial charge < -0.3 is 19.1 Å². The van der Waals surface area contributed by atoms with Crippen LogP contribution in [-0.2, 0) is 18.3 Å². The fourth-order valence-electron chi connectivity index (χ4n) is 6.45. The Balaban J connectivity index is 1.38. The van der Waals surface area contributed by atoms with Gasteiger partial charge in [-0.05, 0) is 43.9 Å². The molecule has 3 aromatic rings. The third-order valence-electron chi connectivity index (χ3n) is 9.06. The van der Waals surface area contributed by atoms with E-state index in [1.54, 1.807) is 35.7 Å². The van der Waals surface area contributed by atoms with Gasteiger partial charge in [0.2, 0.25) is 0 Å². The Bertz CT molecular complexity index is 1490. The summed E-state index contributed by atoms with van der Waals surface area (Å²) in [4.78, 5) is 32.8. The minimum atomic E-state index is -0.0796. The Hall–Kier alpha value is -3.68. The number of aryl methyl sites for hydroxylation is 1. The maximum atomic E-state index is 13.0. The number of likely N-dealkylation sites (tertiary alicyclic amines) is 1. The summed E-state index contributed by atoms with van der Waals surface area (Å²) in [5.74, 6) is 0.0624. The van der Waals surface area contributed by atoms with E-state index < -0.39 is 0 Å². The smallest absolute Gasteiger partial charge is 0.253 e. The van der Waals surface area contributed by atoms with Gasteiger partial charge in [-0.2, -0.15) is 10.4 Å². The number of benzene rings is 1. The van der Waals surface area contributed by atoms with Crippen molar-refractivity contribution < 1.29 is 9.53 Å². The van der Waals surface area contributed by atoms with Gasteiger partial charge in [-0.15, -0.1) is 0 Å². The van der Waals surface area contributed by atoms with Gasteiger partial charge in [0.15, 0.2) is 0 Å². The molecule has 0 aliphatic carbocycles. The molecule has 2 fully saturated rings. The standard InChI is InChI=1S/C31H41N7O3/c1-6-24-18-38(27-16-29(39)34(4)28-20-36(15-13-32)33-30(27)28)25(7-2)17-37(24)21(3)22-8-10-23(11-9-22)31(40)35-14-12-26(19-35)41-5/h8-11,16,20-21,24-26H,6-7,12,14-15,17-19H2,1-5H3/t21?,24-,25+,26?/m1/s1. The van der Waals surface area contributed by atoms with Crippen molar-refractivity contribution >= 4 is 22.6 Å². The van der Waals surface area contributed by atoms with Crippen molar-refractivity contribution in [2.75, 3.05) is 38.2 Å². The molecule has 0 N–H and O–H groups in total. The van der Waals surface area contributed by atoms with E-state index in [0.717, 1.165) is 55.6 Å². The third kappa shape index (κ3) is 5.48. The normalized spacial score (nSPS) is 22.3. The van der Waals surface area contributed by atoms with Crippen molar-refractivity contribution in [1.82, 2.24) is 24.1 Å². The van der Waals surface area contributed by atoms with Crippen LogP contribution >= 0.6 is 0 Å². The number of anilines is 1. The van der Waals surface area contributed by atoms with Crippen molar-refractivity contribution in [1.29, 1.82) is 5.26 Å². The number of methoxy groups -OCH3 is 1.